The van der Waals surface area contributed by atoms with Crippen LogP contribution in [0.15, 0.2) is 0 Å². The van der Waals surface area contributed by atoms with E-state index in [1.165, 1.54) is 0 Å². The molecule has 0 spiro atoms. The smallest absolute Gasteiger partial charge is 0.389 e. The van der Waals surface area contributed by atoms with E-state index in [0.717, 1.165) is 0 Å². The van der Waals surface area contributed by atoms with Crippen LogP contribution >= 0.6 is 0 Å². The molecule has 0 saturated carbocycles. The highest BCUT2D eigenvalue weighted by Gasteiger charge is 2.43. The molecule has 0 saturated heterocycles. The fourth-order valence-corrected chi connectivity index (χ4v) is 0.221. The molecule has 12 heavy (non-hydrogen) atoms. The van der Waals surface area contributed by atoms with Gasteiger partial charge in [-0.1, -0.05) is 0 Å². The highest BCUT2D eigenvalue weighted by atomic mass is 19.3. The number of alkyl halides is 4. The standard InChI is InChI=1S/C4H3F4NO3/c5-1(6)2(10)12-4(7,8)3(9)11/h1H,(H2,9,11). The fourth-order valence-electron chi connectivity index (χ4n) is 0.221. The van der Waals surface area contributed by atoms with Gasteiger partial charge in [0.05, 0.1) is 0 Å². The molecule has 70 valence electrons. The van der Waals surface area contributed by atoms with Crippen LogP contribution in [-0.4, -0.2) is 24.4 Å². The van der Waals surface area contributed by atoms with Crippen LogP contribution in [0.1, 0.15) is 0 Å². The summed E-state index contributed by atoms with van der Waals surface area (Å²) in [6.07, 6.45) is -8.41. The molecule has 0 heterocycles. The molecule has 0 aromatic rings. The van der Waals surface area contributed by atoms with Crippen molar-refractivity contribution < 1.29 is 31.9 Å². The quantitative estimate of drug-likeness (QED) is 0.496. The van der Waals surface area contributed by atoms with Gasteiger partial charge in [-0.25, -0.2) is 4.79 Å². The lowest BCUT2D eigenvalue weighted by Gasteiger charge is -2.11. The maximum absolute atomic E-state index is 11.9. The van der Waals surface area contributed by atoms with Crippen LogP contribution in [0.4, 0.5) is 17.6 Å². The average molecular weight is 189 g/mol. The van der Waals surface area contributed by atoms with Crippen molar-refractivity contribution in [1.82, 2.24) is 0 Å². The second kappa shape index (κ2) is 3.37. The lowest BCUT2D eigenvalue weighted by atomic mass is 10.6. The Morgan fingerprint density at radius 3 is 2.00 bits per heavy atom. The topological polar surface area (TPSA) is 69.4 Å². The molecule has 8 heteroatoms. The lowest BCUT2D eigenvalue weighted by molar-refractivity contribution is -0.233. The van der Waals surface area contributed by atoms with Crippen molar-refractivity contribution in [3.63, 3.8) is 0 Å². The zero-order chi connectivity index (χ0) is 9.94. The van der Waals surface area contributed by atoms with E-state index in [1.807, 2.05) is 0 Å². The number of rotatable bonds is 3. The number of esters is 1. The molecule has 2 N–H and O–H groups in total. The third kappa shape index (κ3) is 2.72. The first kappa shape index (κ1) is 10.7. The van der Waals surface area contributed by atoms with Crippen molar-refractivity contribution in [3.8, 4) is 0 Å². The van der Waals surface area contributed by atoms with E-state index in [-0.39, 0.29) is 0 Å². The first-order valence-corrected chi connectivity index (χ1v) is 2.46. The van der Waals surface area contributed by atoms with Crippen molar-refractivity contribution in [2.75, 3.05) is 0 Å². The first-order valence-electron chi connectivity index (χ1n) is 2.46. The van der Waals surface area contributed by atoms with Gasteiger partial charge in [-0.05, 0) is 0 Å². The largest absolute Gasteiger partial charge is 0.484 e. The van der Waals surface area contributed by atoms with Crippen LogP contribution in [0.5, 0.6) is 0 Å². The Labute approximate surface area is 63.3 Å². The van der Waals surface area contributed by atoms with Crippen molar-refractivity contribution in [3.05, 3.63) is 0 Å². The summed E-state index contributed by atoms with van der Waals surface area (Å²) in [5.41, 5.74) is 4.01. The molecule has 0 unspecified atom stereocenters. The van der Waals surface area contributed by atoms with E-state index in [1.54, 1.807) is 0 Å². The molecule has 0 rings (SSSR count). The number of hydrogen-bond donors (Lipinski definition) is 1. The molecule has 0 radical (unpaired) electrons. The van der Waals surface area contributed by atoms with Crippen LogP contribution in [0, 0.1) is 0 Å². The number of halogens is 4. The minimum absolute atomic E-state index is 2.31. The number of ether oxygens (including phenoxy) is 1. The zero-order valence-electron chi connectivity index (χ0n) is 5.39. The maximum atomic E-state index is 11.9. The van der Waals surface area contributed by atoms with Gasteiger partial charge in [0.25, 0.3) is 0 Å². The van der Waals surface area contributed by atoms with Gasteiger partial charge in [-0.2, -0.15) is 17.6 Å². The highest BCUT2D eigenvalue weighted by Crippen LogP contribution is 2.16. The van der Waals surface area contributed by atoms with Gasteiger partial charge < -0.3 is 10.5 Å². The predicted octanol–water partition coefficient (Wildman–Crippen LogP) is -0.127. The number of carbonyl (C=O) groups is 2. The Balaban J connectivity index is 4.25. The fraction of sp³-hybridized carbons (Fsp3) is 0.500. The Morgan fingerprint density at radius 1 is 1.33 bits per heavy atom. The van der Waals surface area contributed by atoms with E-state index < -0.39 is 24.4 Å². The van der Waals surface area contributed by atoms with Gasteiger partial charge in [0.15, 0.2) is 0 Å². The van der Waals surface area contributed by atoms with Crippen LogP contribution in [0.3, 0.4) is 0 Å². The van der Waals surface area contributed by atoms with E-state index in [9.17, 15) is 27.2 Å². The van der Waals surface area contributed by atoms with E-state index in [0.29, 0.717) is 0 Å². The van der Waals surface area contributed by atoms with Gasteiger partial charge in [0, 0.05) is 0 Å². The van der Waals surface area contributed by atoms with Crippen LogP contribution in [0.2, 0.25) is 0 Å². The minimum atomic E-state index is -4.69. The summed E-state index contributed by atoms with van der Waals surface area (Å²) in [5, 5.41) is 0. The molecule has 0 bridgehead atoms. The summed E-state index contributed by atoms with van der Waals surface area (Å²) in [7, 11) is 0. The molecule has 0 atom stereocenters. The molecule has 1 amide bonds. The molecule has 4 nitrogen and oxygen atoms in total. The molecule has 0 aromatic heterocycles. The van der Waals surface area contributed by atoms with Gasteiger partial charge in [0.1, 0.15) is 0 Å². The normalized spacial score (nSPS) is 11.4. The van der Waals surface area contributed by atoms with Crippen molar-refractivity contribution >= 4 is 11.9 Å². The summed E-state index contributed by atoms with van der Waals surface area (Å²) in [6, 6.07) is 0. The molecule has 0 aliphatic rings. The summed E-state index contributed by atoms with van der Waals surface area (Å²) in [6.45, 7) is 0. The minimum Gasteiger partial charge on any atom is -0.389 e. The van der Waals surface area contributed by atoms with Gasteiger partial charge in [-0.3, -0.25) is 4.79 Å². The molecule has 0 aromatic carbocycles. The van der Waals surface area contributed by atoms with Crippen molar-refractivity contribution in [2.24, 2.45) is 5.73 Å². The summed E-state index contributed by atoms with van der Waals surface area (Å²) in [5.74, 6) is -4.81. The molecule has 0 aliphatic carbocycles. The summed E-state index contributed by atoms with van der Waals surface area (Å²) >= 11 is 0. The second-order valence-electron chi connectivity index (χ2n) is 1.60. The molecular weight excluding hydrogens is 186 g/mol. The second-order valence-corrected chi connectivity index (χ2v) is 1.60. The summed E-state index contributed by atoms with van der Waals surface area (Å²) < 4.78 is 49.1. The van der Waals surface area contributed by atoms with Crippen molar-refractivity contribution in [1.29, 1.82) is 0 Å². The Kier molecular flexibility index (Phi) is 2.99. The first-order chi connectivity index (χ1) is 5.27. The van der Waals surface area contributed by atoms with E-state index in [2.05, 4.69) is 10.5 Å². The van der Waals surface area contributed by atoms with E-state index >= 15 is 0 Å². The van der Waals surface area contributed by atoms with Gasteiger partial charge in [-0.15, -0.1) is 0 Å². The van der Waals surface area contributed by atoms with E-state index in [4.69, 9.17) is 0 Å². The molecule has 0 aliphatic heterocycles. The van der Waals surface area contributed by atoms with Crippen LogP contribution in [-0.2, 0) is 14.3 Å². The average Bonchev–Trinajstić information content (AvgIpc) is 1.85. The van der Waals surface area contributed by atoms with Crippen LogP contribution < -0.4 is 5.73 Å². The number of hydrogen-bond acceptors (Lipinski definition) is 3. The maximum Gasteiger partial charge on any atom is 0.484 e. The number of amides is 1. The SMILES string of the molecule is NC(=O)C(F)(F)OC(=O)C(F)F. The Bertz CT molecular complexity index is 204. The third-order valence-electron chi connectivity index (χ3n) is 0.694. The number of primary amides is 1. The Hall–Kier alpha value is -1.34. The lowest BCUT2D eigenvalue weighted by Crippen LogP contribution is -2.41. The van der Waals surface area contributed by atoms with Crippen LogP contribution in [0.25, 0.3) is 0 Å². The highest BCUT2D eigenvalue weighted by molar-refractivity contribution is 5.84. The van der Waals surface area contributed by atoms with Gasteiger partial charge in [0.2, 0.25) is 0 Å². The summed E-state index contributed by atoms with van der Waals surface area (Å²) in [4.78, 5) is 19.5. The predicted molar refractivity (Wildman–Crippen MR) is 26.2 cm³/mol. The molecular formula is C4H3F4NO3. The number of carbonyl (C=O) groups excluding carboxylic acids is 2. The van der Waals surface area contributed by atoms with Crippen molar-refractivity contribution in [2.45, 2.75) is 12.5 Å². The monoisotopic (exact) mass is 189 g/mol. The zero-order valence-corrected chi connectivity index (χ0v) is 5.39. The third-order valence-corrected chi connectivity index (χ3v) is 0.694. The van der Waals surface area contributed by atoms with Gasteiger partial charge >= 0.3 is 24.4 Å². The number of nitrogens with two attached hydrogens (primary N) is 1. The molecule has 0 fully saturated rings. The Morgan fingerprint density at radius 2 is 1.75 bits per heavy atom.